The monoisotopic (exact) mass is 426 g/mol. The Bertz CT molecular complexity index is 761. The van der Waals surface area contributed by atoms with Crippen LogP contribution in [0.4, 0.5) is 0 Å². The lowest BCUT2D eigenvalue weighted by molar-refractivity contribution is 0.0952. The van der Waals surface area contributed by atoms with Crippen molar-refractivity contribution in [1.29, 1.82) is 0 Å². The van der Waals surface area contributed by atoms with Gasteiger partial charge in [-0.1, -0.05) is 27.6 Å². The number of nitrogens with one attached hydrogen (secondary N) is 1. The number of rotatable bonds is 3. The first kappa shape index (κ1) is 16.5. The van der Waals surface area contributed by atoms with E-state index in [4.69, 9.17) is 0 Å². The van der Waals surface area contributed by atoms with Crippen LogP contribution < -0.4 is 5.43 Å². The van der Waals surface area contributed by atoms with E-state index in [0.29, 0.717) is 14.5 Å². The standard InChI is InChI=1S/C15H12Br2N2O3/c1-8-2-3-13(20)9(4-8)7-18-19-15(22)11-5-10(16)6-12(17)14(11)21/h2-7,20-21H,1H3,(H,19,22)/b18-7+. The van der Waals surface area contributed by atoms with Gasteiger partial charge in [0.25, 0.3) is 5.91 Å². The third-order valence-corrected chi connectivity index (χ3v) is 3.89. The van der Waals surface area contributed by atoms with Crippen LogP contribution in [0.15, 0.2) is 44.4 Å². The third-order valence-electron chi connectivity index (χ3n) is 2.83. The van der Waals surface area contributed by atoms with Gasteiger partial charge in [0.15, 0.2) is 0 Å². The molecule has 2 aromatic rings. The molecule has 0 saturated carbocycles. The van der Waals surface area contributed by atoms with E-state index in [9.17, 15) is 15.0 Å². The van der Waals surface area contributed by atoms with E-state index in [0.717, 1.165) is 5.56 Å². The number of phenolic OH excluding ortho intramolecular Hbond substituents is 2. The maximum absolute atomic E-state index is 12.0. The first-order chi connectivity index (χ1) is 10.4. The van der Waals surface area contributed by atoms with Crippen molar-refractivity contribution in [3.05, 3.63) is 56.0 Å². The van der Waals surface area contributed by atoms with Gasteiger partial charge in [0.05, 0.1) is 16.3 Å². The average molecular weight is 428 g/mol. The van der Waals surface area contributed by atoms with Crippen molar-refractivity contribution in [2.75, 3.05) is 0 Å². The molecular formula is C15H12Br2N2O3. The van der Waals surface area contributed by atoms with Gasteiger partial charge >= 0.3 is 0 Å². The number of nitrogens with zero attached hydrogens (tertiary/aromatic N) is 1. The number of aryl methyl sites for hydroxylation is 1. The van der Waals surface area contributed by atoms with Gasteiger partial charge in [-0.15, -0.1) is 0 Å². The zero-order valence-corrected chi connectivity index (χ0v) is 14.6. The second-order valence-electron chi connectivity index (χ2n) is 4.55. The highest BCUT2D eigenvalue weighted by Gasteiger charge is 2.14. The topological polar surface area (TPSA) is 81.9 Å². The highest BCUT2D eigenvalue weighted by molar-refractivity contribution is 9.11. The Hall–Kier alpha value is -1.86. The Morgan fingerprint density at radius 2 is 1.95 bits per heavy atom. The summed E-state index contributed by atoms with van der Waals surface area (Å²) in [6.45, 7) is 1.88. The summed E-state index contributed by atoms with van der Waals surface area (Å²) in [6.07, 6.45) is 1.34. The van der Waals surface area contributed by atoms with E-state index >= 15 is 0 Å². The van der Waals surface area contributed by atoms with Crippen LogP contribution in [0, 0.1) is 6.92 Å². The molecule has 0 unspecified atom stereocenters. The van der Waals surface area contributed by atoms with E-state index in [-0.39, 0.29) is 17.1 Å². The molecule has 7 heteroatoms. The Morgan fingerprint density at radius 3 is 2.68 bits per heavy atom. The van der Waals surface area contributed by atoms with Crippen molar-refractivity contribution in [1.82, 2.24) is 5.43 Å². The number of carbonyl (C=O) groups is 1. The number of benzene rings is 2. The average Bonchev–Trinajstić information content (AvgIpc) is 2.46. The molecule has 0 fully saturated rings. The molecule has 1 amide bonds. The summed E-state index contributed by atoms with van der Waals surface area (Å²) in [5.74, 6) is -0.672. The van der Waals surface area contributed by atoms with Crippen LogP contribution in [0.1, 0.15) is 21.5 Å². The third kappa shape index (κ3) is 3.86. The van der Waals surface area contributed by atoms with Crippen LogP contribution >= 0.6 is 31.9 Å². The molecule has 22 heavy (non-hydrogen) atoms. The molecule has 0 saturated heterocycles. The summed E-state index contributed by atoms with van der Waals surface area (Å²) in [6, 6.07) is 8.16. The highest BCUT2D eigenvalue weighted by Crippen LogP contribution is 2.31. The Kier molecular flexibility index (Phi) is 5.20. The minimum absolute atomic E-state index is 0.0663. The molecule has 2 aromatic carbocycles. The van der Waals surface area contributed by atoms with Gasteiger partial charge in [0, 0.05) is 10.0 Å². The molecule has 2 rings (SSSR count). The first-order valence-electron chi connectivity index (χ1n) is 6.19. The van der Waals surface area contributed by atoms with Crippen LogP contribution in [0.25, 0.3) is 0 Å². The van der Waals surface area contributed by atoms with E-state index in [1.54, 1.807) is 24.3 Å². The molecule has 5 nitrogen and oxygen atoms in total. The fourth-order valence-corrected chi connectivity index (χ4v) is 2.96. The van der Waals surface area contributed by atoms with Gasteiger partial charge in [-0.3, -0.25) is 4.79 Å². The van der Waals surface area contributed by atoms with E-state index in [1.165, 1.54) is 12.3 Å². The zero-order valence-electron chi connectivity index (χ0n) is 11.5. The van der Waals surface area contributed by atoms with Crippen LogP contribution in [0.2, 0.25) is 0 Å². The predicted octanol–water partition coefficient (Wildman–Crippen LogP) is 3.70. The predicted molar refractivity (Wildman–Crippen MR) is 91.4 cm³/mol. The number of phenols is 2. The van der Waals surface area contributed by atoms with Crippen molar-refractivity contribution >= 4 is 44.0 Å². The first-order valence-corrected chi connectivity index (χ1v) is 7.78. The molecule has 0 aliphatic rings. The van der Waals surface area contributed by atoms with Gasteiger partial charge in [-0.05, 0) is 47.1 Å². The molecule has 0 aliphatic heterocycles. The summed E-state index contributed by atoms with van der Waals surface area (Å²) < 4.78 is 1.04. The van der Waals surface area contributed by atoms with E-state index < -0.39 is 5.91 Å². The molecule has 0 bridgehead atoms. The van der Waals surface area contributed by atoms with Crippen LogP contribution in [-0.2, 0) is 0 Å². The van der Waals surface area contributed by atoms with Crippen LogP contribution in [0.5, 0.6) is 11.5 Å². The fourth-order valence-electron chi connectivity index (χ4n) is 1.74. The van der Waals surface area contributed by atoms with Crippen LogP contribution in [-0.4, -0.2) is 22.3 Å². The fraction of sp³-hybridized carbons (Fsp3) is 0.0667. The number of carbonyl (C=O) groups excluding carboxylic acids is 1. The largest absolute Gasteiger partial charge is 0.507 e. The second-order valence-corrected chi connectivity index (χ2v) is 6.32. The summed E-state index contributed by atoms with van der Waals surface area (Å²) in [5, 5.41) is 23.3. The maximum atomic E-state index is 12.0. The van der Waals surface area contributed by atoms with Crippen molar-refractivity contribution in [2.45, 2.75) is 6.92 Å². The summed E-state index contributed by atoms with van der Waals surface area (Å²) in [5.41, 5.74) is 3.83. The molecule has 0 heterocycles. The van der Waals surface area contributed by atoms with Crippen LogP contribution in [0.3, 0.4) is 0 Å². The molecule has 0 radical (unpaired) electrons. The second kappa shape index (κ2) is 6.93. The van der Waals surface area contributed by atoms with Gasteiger partial charge in [0.2, 0.25) is 0 Å². The normalized spacial score (nSPS) is 10.9. The minimum atomic E-state index is -0.567. The zero-order chi connectivity index (χ0) is 16.3. The maximum Gasteiger partial charge on any atom is 0.275 e. The quantitative estimate of drug-likeness (QED) is 0.516. The Morgan fingerprint density at radius 1 is 1.23 bits per heavy atom. The number of amides is 1. The van der Waals surface area contributed by atoms with Gasteiger partial charge in [0.1, 0.15) is 11.5 Å². The van der Waals surface area contributed by atoms with Crippen molar-refractivity contribution in [3.8, 4) is 11.5 Å². The van der Waals surface area contributed by atoms with Crippen molar-refractivity contribution < 1.29 is 15.0 Å². The summed E-state index contributed by atoms with van der Waals surface area (Å²) in [7, 11) is 0. The molecular weight excluding hydrogens is 416 g/mol. The van der Waals surface area contributed by atoms with E-state index in [1.807, 2.05) is 6.92 Å². The SMILES string of the molecule is Cc1ccc(O)c(/C=N/NC(=O)c2cc(Br)cc(Br)c2O)c1. The van der Waals surface area contributed by atoms with Gasteiger partial charge in [-0.25, -0.2) is 5.43 Å². The number of hydrogen-bond acceptors (Lipinski definition) is 4. The lowest BCUT2D eigenvalue weighted by Gasteiger charge is -2.06. The number of aromatic hydroxyl groups is 2. The number of halogens is 2. The number of hydrazone groups is 1. The Balaban J connectivity index is 2.16. The molecule has 3 N–H and O–H groups in total. The molecule has 0 aliphatic carbocycles. The molecule has 0 atom stereocenters. The van der Waals surface area contributed by atoms with E-state index in [2.05, 4.69) is 42.4 Å². The molecule has 114 valence electrons. The lowest BCUT2D eigenvalue weighted by Crippen LogP contribution is -2.18. The van der Waals surface area contributed by atoms with Gasteiger partial charge < -0.3 is 10.2 Å². The smallest absolute Gasteiger partial charge is 0.275 e. The van der Waals surface area contributed by atoms with Crippen molar-refractivity contribution in [2.24, 2.45) is 5.10 Å². The number of hydrogen-bond donors (Lipinski definition) is 3. The summed E-state index contributed by atoms with van der Waals surface area (Å²) >= 11 is 6.40. The highest BCUT2D eigenvalue weighted by atomic mass is 79.9. The van der Waals surface area contributed by atoms with Gasteiger partial charge in [-0.2, -0.15) is 5.10 Å². The lowest BCUT2D eigenvalue weighted by atomic mass is 10.1. The summed E-state index contributed by atoms with van der Waals surface area (Å²) in [4.78, 5) is 12.0. The minimum Gasteiger partial charge on any atom is -0.507 e. The molecule has 0 spiro atoms. The molecule has 0 aromatic heterocycles. The van der Waals surface area contributed by atoms with Crippen molar-refractivity contribution in [3.63, 3.8) is 0 Å². The Labute approximate surface area is 143 Å².